The first-order valence-corrected chi connectivity index (χ1v) is 22.1. The van der Waals surface area contributed by atoms with E-state index >= 15 is 0 Å². The Morgan fingerprint density at radius 3 is 1.41 bits per heavy atom. The van der Waals surface area contributed by atoms with Crippen LogP contribution in [-0.4, -0.2) is 99.9 Å². The smallest absolute Gasteiger partial charge is 0.326 e. The quantitative estimate of drug-likeness (QED) is 0.0390. The average molecular weight is 873 g/mol. The second-order valence-corrected chi connectivity index (χ2v) is 17.2. The molecular formula is C46H68N10O7. The van der Waals surface area contributed by atoms with Gasteiger partial charge in [0.2, 0.25) is 29.5 Å². The molecule has 6 atom stereocenters. The van der Waals surface area contributed by atoms with Crippen molar-refractivity contribution in [3.8, 4) is 0 Å². The van der Waals surface area contributed by atoms with Crippen molar-refractivity contribution in [3.05, 3.63) is 72.1 Å². The van der Waals surface area contributed by atoms with Crippen molar-refractivity contribution in [1.82, 2.24) is 36.6 Å². The largest absolute Gasteiger partial charge is 0.480 e. The first-order chi connectivity index (χ1) is 30.1. The molecule has 0 fully saturated rings. The number of aromatic nitrogens is 2. The highest BCUT2D eigenvalue weighted by Crippen LogP contribution is 2.21. The molecule has 14 N–H and O–H groups in total. The average Bonchev–Trinajstić information content (AvgIpc) is 3.85. The number of nitrogens with one attached hydrogen (secondary N) is 7. The maximum Gasteiger partial charge on any atom is 0.326 e. The van der Waals surface area contributed by atoms with Crippen LogP contribution in [0.25, 0.3) is 21.8 Å². The fourth-order valence-corrected chi connectivity index (χ4v) is 7.63. The van der Waals surface area contributed by atoms with Gasteiger partial charge in [-0.25, -0.2) is 4.79 Å². The van der Waals surface area contributed by atoms with E-state index < -0.39 is 71.8 Å². The molecule has 2 heterocycles. The van der Waals surface area contributed by atoms with Crippen molar-refractivity contribution in [1.29, 1.82) is 0 Å². The zero-order valence-electron chi connectivity index (χ0n) is 37.0. The molecule has 63 heavy (non-hydrogen) atoms. The highest BCUT2D eigenvalue weighted by Gasteiger charge is 2.34. The number of fused-ring (bicyclic) bond motifs is 2. The van der Waals surface area contributed by atoms with E-state index in [4.69, 9.17) is 17.2 Å². The lowest BCUT2D eigenvalue weighted by Gasteiger charge is -2.28. The van der Waals surface area contributed by atoms with Crippen LogP contribution in [0.1, 0.15) is 90.2 Å². The minimum atomic E-state index is -1.30. The first-order valence-electron chi connectivity index (χ1n) is 22.1. The van der Waals surface area contributed by atoms with Gasteiger partial charge in [-0.05, 0) is 93.1 Å². The van der Waals surface area contributed by atoms with Gasteiger partial charge < -0.3 is 58.9 Å². The summed E-state index contributed by atoms with van der Waals surface area (Å²) in [6, 6.07) is 8.28. The van der Waals surface area contributed by atoms with Crippen molar-refractivity contribution in [2.45, 2.75) is 128 Å². The molecule has 4 rings (SSSR count). The summed E-state index contributed by atoms with van der Waals surface area (Å²) in [4.78, 5) is 88.6. The van der Waals surface area contributed by atoms with Crippen LogP contribution in [0.2, 0.25) is 0 Å². The predicted molar refractivity (Wildman–Crippen MR) is 244 cm³/mol. The van der Waals surface area contributed by atoms with Crippen LogP contribution in [0.5, 0.6) is 0 Å². The Labute approximate surface area is 369 Å². The predicted octanol–water partition coefficient (Wildman–Crippen LogP) is 2.62. The number of hydrogen-bond acceptors (Lipinski definition) is 9. The molecule has 2 aromatic heterocycles. The summed E-state index contributed by atoms with van der Waals surface area (Å²) in [7, 11) is 0. The van der Waals surface area contributed by atoms with Crippen LogP contribution < -0.4 is 43.8 Å². The third kappa shape index (κ3) is 15.2. The van der Waals surface area contributed by atoms with Crippen LogP contribution in [0.3, 0.4) is 0 Å². The molecular weight excluding hydrogens is 805 g/mol. The van der Waals surface area contributed by atoms with Gasteiger partial charge in [-0.2, -0.15) is 0 Å². The van der Waals surface area contributed by atoms with Crippen LogP contribution in [0, 0.1) is 11.8 Å². The summed E-state index contributed by atoms with van der Waals surface area (Å²) in [6.07, 6.45) is 6.99. The molecule has 344 valence electrons. The summed E-state index contributed by atoms with van der Waals surface area (Å²) < 4.78 is 0. The highest BCUT2D eigenvalue weighted by atomic mass is 16.4. The summed E-state index contributed by atoms with van der Waals surface area (Å²) >= 11 is 0. The van der Waals surface area contributed by atoms with Gasteiger partial charge >= 0.3 is 5.97 Å². The van der Waals surface area contributed by atoms with Crippen LogP contribution in [-0.2, 0) is 41.6 Å². The van der Waals surface area contributed by atoms with Crippen LogP contribution in [0.4, 0.5) is 0 Å². The number of H-pyrrole nitrogens is 2. The number of para-hydroxylation sites is 2. The number of benzene rings is 2. The Morgan fingerprint density at radius 2 is 0.937 bits per heavy atom. The van der Waals surface area contributed by atoms with Gasteiger partial charge in [-0.15, -0.1) is 0 Å². The maximum atomic E-state index is 14.5. The van der Waals surface area contributed by atoms with Gasteiger partial charge in [0.15, 0.2) is 0 Å². The van der Waals surface area contributed by atoms with E-state index in [0.29, 0.717) is 50.8 Å². The zero-order chi connectivity index (χ0) is 46.1. The molecule has 5 amide bonds. The van der Waals surface area contributed by atoms with Crippen molar-refractivity contribution in [3.63, 3.8) is 0 Å². The van der Waals surface area contributed by atoms with Crippen molar-refractivity contribution < 1.29 is 33.9 Å². The Hall–Kier alpha value is -5.78. The van der Waals surface area contributed by atoms with Crippen LogP contribution in [0.15, 0.2) is 60.9 Å². The van der Waals surface area contributed by atoms with E-state index in [0.717, 1.165) is 27.4 Å². The number of amides is 5. The van der Waals surface area contributed by atoms with E-state index in [1.807, 2.05) is 76.2 Å². The molecule has 0 aliphatic heterocycles. The molecule has 0 spiro atoms. The number of nitrogens with two attached hydrogens (primary N) is 3. The Morgan fingerprint density at radius 1 is 0.540 bits per heavy atom. The van der Waals surface area contributed by atoms with E-state index in [1.54, 1.807) is 12.4 Å². The standard InChI is InChI=1S/C46H68N10O7/c1-27(2)21-37(53-42(58)36(18-10-12-20-48)52-41(57)33(49)15-9-11-19-47)43(59)55-39(23-29-25-50-34-16-7-5-13-31(29)34)45(61)54-38(22-28(3)4)44(60)56-40(46(62)63)24-30-26-51-35-17-8-6-14-32(30)35/h5-8,13-14,16-17,25-28,33,36-40,50-51H,9-12,15,18-24,47-49H2,1-4H3,(H,52,57)(H,53,58)(H,54,61)(H,55,59)(H,56,60)(H,62,63)/t33-,36-,37-,38-,39-,40-/m0/s1. The molecule has 0 unspecified atom stereocenters. The first kappa shape index (κ1) is 49.9. The fraction of sp³-hybridized carbons (Fsp3) is 0.522. The van der Waals surface area contributed by atoms with Crippen LogP contribution >= 0.6 is 0 Å². The molecule has 0 saturated heterocycles. The fourth-order valence-electron chi connectivity index (χ4n) is 7.63. The van der Waals surface area contributed by atoms with E-state index in [2.05, 4.69) is 36.6 Å². The van der Waals surface area contributed by atoms with Gasteiger partial charge in [0.05, 0.1) is 6.04 Å². The minimum absolute atomic E-state index is 0.00517. The molecule has 0 saturated carbocycles. The summed E-state index contributed by atoms with van der Waals surface area (Å²) in [6.45, 7) is 8.39. The lowest BCUT2D eigenvalue weighted by atomic mass is 9.98. The second-order valence-electron chi connectivity index (χ2n) is 17.2. The lowest BCUT2D eigenvalue weighted by Crippen LogP contribution is -2.60. The molecule has 4 aromatic rings. The second kappa shape index (κ2) is 24.8. The number of aliphatic carboxylic acids is 1. The Kier molecular flexibility index (Phi) is 19.6. The number of hydrogen-bond donors (Lipinski definition) is 11. The van der Waals surface area contributed by atoms with E-state index in [-0.39, 0.29) is 43.9 Å². The van der Waals surface area contributed by atoms with Gasteiger partial charge in [-0.3, -0.25) is 24.0 Å². The van der Waals surface area contributed by atoms with Crippen molar-refractivity contribution in [2.75, 3.05) is 13.1 Å². The van der Waals surface area contributed by atoms with Crippen molar-refractivity contribution in [2.24, 2.45) is 29.0 Å². The number of carboxylic acid groups (broad SMARTS) is 1. The highest BCUT2D eigenvalue weighted by molar-refractivity contribution is 5.97. The SMILES string of the molecule is CC(C)C[C@H](NC(=O)[C@H](Cc1c[nH]c2ccccc12)NC(=O)[C@H](CC(C)C)NC(=O)[C@H](CCCCN)NC(=O)[C@@H](N)CCCCN)C(=O)N[C@@H](Cc1c[nH]c2ccccc12)C(=O)O. The number of carbonyl (C=O) groups excluding carboxylic acids is 5. The van der Waals surface area contributed by atoms with Gasteiger partial charge in [0.1, 0.15) is 30.2 Å². The maximum absolute atomic E-state index is 14.5. The molecule has 0 radical (unpaired) electrons. The number of carbonyl (C=O) groups is 6. The number of carboxylic acids is 1. The molecule has 2 aromatic carbocycles. The van der Waals surface area contributed by atoms with Gasteiger partial charge in [0.25, 0.3) is 0 Å². The molecule has 17 heteroatoms. The number of unbranched alkanes of at least 4 members (excludes halogenated alkanes) is 2. The third-order valence-corrected chi connectivity index (χ3v) is 11.0. The van der Waals surface area contributed by atoms with Gasteiger partial charge in [0, 0.05) is 47.0 Å². The molecule has 0 aliphatic rings. The van der Waals surface area contributed by atoms with Crippen molar-refractivity contribution >= 4 is 57.3 Å². The Balaban J connectivity index is 1.58. The normalized spacial score (nSPS) is 14.4. The van der Waals surface area contributed by atoms with E-state index in [1.165, 1.54) is 0 Å². The van der Waals surface area contributed by atoms with E-state index in [9.17, 15) is 33.9 Å². The third-order valence-electron chi connectivity index (χ3n) is 11.0. The van der Waals surface area contributed by atoms with Gasteiger partial charge in [-0.1, -0.05) is 70.5 Å². The summed E-state index contributed by atoms with van der Waals surface area (Å²) in [5.74, 6) is -4.49. The number of aromatic amines is 2. The topological polar surface area (TPSA) is 292 Å². The molecule has 0 aliphatic carbocycles. The minimum Gasteiger partial charge on any atom is -0.480 e. The molecule has 17 nitrogen and oxygen atoms in total. The summed E-state index contributed by atoms with van der Waals surface area (Å²) in [5.41, 5.74) is 20.5. The Bertz CT molecular complexity index is 2130. The molecule has 0 bridgehead atoms. The summed E-state index contributed by atoms with van der Waals surface area (Å²) in [5, 5.41) is 25.8. The number of rotatable bonds is 27. The zero-order valence-corrected chi connectivity index (χ0v) is 37.0. The monoisotopic (exact) mass is 873 g/mol. The lowest BCUT2D eigenvalue weighted by molar-refractivity contribution is -0.142.